The van der Waals surface area contributed by atoms with E-state index in [1.807, 2.05) is 36.4 Å². The van der Waals surface area contributed by atoms with Crippen LogP contribution < -0.4 is 0 Å². The number of rotatable bonds is 11. The lowest BCUT2D eigenvalue weighted by Crippen LogP contribution is -2.06. The number of aromatic nitrogens is 4. The highest BCUT2D eigenvalue weighted by molar-refractivity contribution is 6.28. The summed E-state index contributed by atoms with van der Waals surface area (Å²) in [6, 6.07) is 139. The normalized spacial score (nSPS) is 12.3. The highest BCUT2D eigenvalue weighted by Crippen LogP contribution is 2.53. The SMILES string of the molecule is C1=Cc2c(c(-c3ccc4c(c3)oc3ccc(-c5c6ccccc6c(-c6ccccc6)c6c(-c7cnc8cc(-c9c%10ccccc%10c(-c%10ccc%11c(c%10)oc%10ccc(-c%12c%13ccccc%13c(-c%13ccccc%13)c%13ccccc%12%13)cc%10%11)c%10ccccc9%10)ccc8c7)cccc56)cc34)c3ccccc3c2-c2nc(-c3ccccc3)nc(-c3ccccc3)n2)CC1. The van der Waals surface area contributed by atoms with Crippen molar-refractivity contribution >= 4 is 136 Å². The quantitative estimate of drug-likeness (QED) is 0.120. The zero-order chi connectivity index (χ0) is 80.0. The van der Waals surface area contributed by atoms with Gasteiger partial charge >= 0.3 is 0 Å². The summed E-state index contributed by atoms with van der Waals surface area (Å²) in [5.74, 6) is 1.93. The third-order valence-electron chi connectivity index (χ3n) is 25.5. The van der Waals surface area contributed by atoms with Crippen molar-refractivity contribution in [2.75, 3.05) is 0 Å². The smallest absolute Gasteiger partial charge is 0.165 e. The molecule has 24 aromatic rings. The number of pyridine rings is 1. The molecule has 25 rings (SSSR count). The number of allylic oxidation sites excluding steroid dienone is 1. The summed E-state index contributed by atoms with van der Waals surface area (Å²) in [7, 11) is 0. The second kappa shape index (κ2) is 27.8. The number of fused-ring (bicyclic) bond motifs is 15. The Bertz CT molecular complexity index is 8390. The Kier molecular flexibility index (Phi) is 15.8. The summed E-state index contributed by atoms with van der Waals surface area (Å²) >= 11 is 0. The van der Waals surface area contributed by atoms with E-state index in [-0.39, 0.29) is 0 Å². The summed E-state index contributed by atoms with van der Waals surface area (Å²) in [5, 5.41) is 21.8. The summed E-state index contributed by atoms with van der Waals surface area (Å²) in [6.45, 7) is 0. The first-order valence-corrected chi connectivity index (χ1v) is 41.9. The van der Waals surface area contributed by atoms with Crippen LogP contribution >= 0.6 is 0 Å². The fourth-order valence-corrected chi connectivity index (χ4v) is 20.3. The Hall–Kier alpha value is -16.0. The van der Waals surface area contributed by atoms with Gasteiger partial charge < -0.3 is 8.83 Å². The van der Waals surface area contributed by atoms with E-state index in [1.54, 1.807) is 0 Å². The van der Waals surface area contributed by atoms with Gasteiger partial charge in [-0.1, -0.05) is 334 Å². The molecule has 0 N–H and O–H groups in total. The number of benzene rings is 20. The van der Waals surface area contributed by atoms with E-state index in [4.69, 9.17) is 28.8 Å². The topological polar surface area (TPSA) is 77.8 Å². The second-order valence-corrected chi connectivity index (χ2v) is 32.3. The van der Waals surface area contributed by atoms with Crippen molar-refractivity contribution in [2.24, 2.45) is 0 Å². The molecule has 0 fully saturated rings. The lowest BCUT2D eigenvalue weighted by atomic mass is 9.81. The Morgan fingerprint density at radius 1 is 0.221 bits per heavy atom. The molecule has 0 amide bonds. The lowest BCUT2D eigenvalue weighted by molar-refractivity contribution is 0.668. The standard InChI is InChI=1S/C116H70N4O2/c1-5-28-69(29-6-1)105-83-36-13-15-38-85(83)106(86-39-16-14-37-84(86)105)74-56-60-101-98(63-74)81-58-54-77(66-103(81)121-101)108-89-42-19-17-40-87(89)107(88-41-18-20-43-90(88)108)76-53-52-73-62-79(68-117-100(73)65-76)80-50-27-51-97-110(91-44-21-24-47-94(91)111(112(80)97)70-30-7-2-8-31-70)75-57-61-102-99(64-75)82-59-55-78(67-104(82)122-102)109-92-45-22-25-48-95(92)113(96-49-26-23-46-93(96)109)116-119-114(71-32-9-3-10-33-71)118-115(120-116)72-34-11-4-12-35-72/h1-22,24-45,47-68H,23,46H2. The number of furan rings is 2. The summed E-state index contributed by atoms with van der Waals surface area (Å²) in [4.78, 5) is 21.2. The second-order valence-electron chi connectivity index (χ2n) is 32.3. The third kappa shape index (κ3) is 11.0. The van der Waals surface area contributed by atoms with Crippen molar-refractivity contribution in [1.29, 1.82) is 0 Å². The van der Waals surface area contributed by atoms with E-state index in [0.29, 0.717) is 17.5 Å². The third-order valence-corrected chi connectivity index (χ3v) is 25.5. The molecule has 1 aliphatic rings. The minimum Gasteiger partial charge on any atom is -0.456 e. The van der Waals surface area contributed by atoms with Crippen LogP contribution in [0.3, 0.4) is 0 Å². The lowest BCUT2D eigenvalue weighted by Gasteiger charge is -2.23. The Morgan fingerprint density at radius 3 is 1.07 bits per heavy atom. The van der Waals surface area contributed by atoms with E-state index in [0.717, 1.165) is 151 Å². The van der Waals surface area contributed by atoms with Gasteiger partial charge in [-0.3, -0.25) is 4.98 Å². The van der Waals surface area contributed by atoms with Crippen molar-refractivity contribution in [3.05, 3.63) is 406 Å². The minimum atomic E-state index is 0.638. The first-order chi connectivity index (χ1) is 60.5. The minimum absolute atomic E-state index is 0.638. The molecule has 4 aromatic heterocycles. The van der Waals surface area contributed by atoms with Crippen LogP contribution in [0.1, 0.15) is 17.5 Å². The maximum atomic E-state index is 7.03. The van der Waals surface area contributed by atoms with Gasteiger partial charge in [-0.25, -0.2) is 15.0 Å². The molecule has 0 saturated carbocycles. The van der Waals surface area contributed by atoms with E-state index in [9.17, 15) is 0 Å². The Labute approximate surface area is 701 Å². The number of nitrogens with zero attached hydrogens (tertiary/aromatic N) is 4. The average molecular weight is 1550 g/mol. The van der Waals surface area contributed by atoms with Crippen LogP contribution in [-0.2, 0) is 6.42 Å². The fraction of sp³-hybridized carbons (Fsp3) is 0.0172. The van der Waals surface area contributed by atoms with Gasteiger partial charge in [0, 0.05) is 55.4 Å². The van der Waals surface area contributed by atoms with Crippen molar-refractivity contribution in [3.8, 4) is 123 Å². The molecule has 566 valence electrons. The fourth-order valence-electron chi connectivity index (χ4n) is 20.3. The molecule has 0 unspecified atom stereocenters. The summed E-state index contributed by atoms with van der Waals surface area (Å²) < 4.78 is 13.9. The average Bonchev–Trinajstić information content (AvgIpc) is 1.14. The zero-order valence-electron chi connectivity index (χ0n) is 66.1. The van der Waals surface area contributed by atoms with Gasteiger partial charge in [0.15, 0.2) is 17.5 Å². The molecule has 20 aromatic carbocycles. The molecule has 0 saturated heterocycles. The Morgan fingerprint density at radius 2 is 0.582 bits per heavy atom. The van der Waals surface area contributed by atoms with Crippen LogP contribution in [0.5, 0.6) is 0 Å². The maximum absolute atomic E-state index is 7.03. The molecular formula is C116H70N4O2. The molecule has 0 atom stereocenters. The van der Waals surface area contributed by atoms with Crippen molar-refractivity contribution in [2.45, 2.75) is 12.8 Å². The first kappa shape index (κ1) is 69.1. The molecule has 0 bridgehead atoms. The van der Waals surface area contributed by atoms with Crippen LogP contribution in [0, 0.1) is 0 Å². The molecular weight excluding hydrogens is 1480 g/mol. The van der Waals surface area contributed by atoms with Gasteiger partial charge in [0.05, 0.1) is 5.52 Å². The van der Waals surface area contributed by atoms with Gasteiger partial charge in [0.1, 0.15) is 22.3 Å². The summed E-state index contributed by atoms with van der Waals surface area (Å²) in [5.41, 5.74) is 28.1. The van der Waals surface area contributed by atoms with Gasteiger partial charge in [-0.2, -0.15) is 0 Å². The first-order valence-electron chi connectivity index (χ1n) is 41.9. The molecule has 6 nitrogen and oxygen atoms in total. The largest absolute Gasteiger partial charge is 0.456 e. The van der Waals surface area contributed by atoms with Gasteiger partial charge in [0.2, 0.25) is 0 Å². The van der Waals surface area contributed by atoms with E-state index in [2.05, 4.69) is 364 Å². The molecule has 0 spiro atoms. The predicted octanol–water partition coefficient (Wildman–Crippen LogP) is 31.6. The van der Waals surface area contributed by atoms with E-state index in [1.165, 1.54) is 109 Å². The van der Waals surface area contributed by atoms with Crippen LogP contribution in [0.2, 0.25) is 0 Å². The molecule has 0 radical (unpaired) electrons. The highest BCUT2D eigenvalue weighted by Gasteiger charge is 2.29. The molecule has 4 heterocycles. The van der Waals surface area contributed by atoms with Crippen molar-refractivity contribution < 1.29 is 8.83 Å². The summed E-state index contributed by atoms with van der Waals surface area (Å²) in [6.07, 6.45) is 8.44. The van der Waals surface area contributed by atoms with E-state index >= 15 is 0 Å². The number of hydrogen-bond donors (Lipinski definition) is 0. The van der Waals surface area contributed by atoms with Gasteiger partial charge in [0.25, 0.3) is 0 Å². The highest BCUT2D eigenvalue weighted by atomic mass is 16.3. The molecule has 0 aliphatic heterocycles. The predicted molar refractivity (Wildman–Crippen MR) is 509 cm³/mol. The van der Waals surface area contributed by atoms with Crippen LogP contribution in [0.25, 0.3) is 259 Å². The molecule has 122 heavy (non-hydrogen) atoms. The van der Waals surface area contributed by atoms with Gasteiger partial charge in [-0.15, -0.1) is 0 Å². The molecule has 1 aliphatic carbocycles. The Balaban J connectivity index is 0.584. The van der Waals surface area contributed by atoms with E-state index < -0.39 is 0 Å². The van der Waals surface area contributed by atoms with Crippen LogP contribution in [0.4, 0.5) is 0 Å². The molecule has 6 heteroatoms. The van der Waals surface area contributed by atoms with Crippen molar-refractivity contribution in [3.63, 3.8) is 0 Å². The zero-order valence-corrected chi connectivity index (χ0v) is 66.1. The monoisotopic (exact) mass is 1550 g/mol. The van der Waals surface area contributed by atoms with Crippen LogP contribution in [0.15, 0.2) is 403 Å². The van der Waals surface area contributed by atoms with Gasteiger partial charge in [-0.05, 0) is 243 Å². The number of hydrogen-bond acceptors (Lipinski definition) is 6. The van der Waals surface area contributed by atoms with Crippen molar-refractivity contribution in [1.82, 2.24) is 19.9 Å². The van der Waals surface area contributed by atoms with Crippen LogP contribution in [-0.4, -0.2) is 19.9 Å². The maximum Gasteiger partial charge on any atom is 0.165 e.